The Hall–Kier alpha value is -1.22. The van der Waals surface area contributed by atoms with Crippen LogP contribution in [0.4, 0.5) is 11.4 Å². The van der Waals surface area contributed by atoms with Crippen molar-refractivity contribution in [3.05, 3.63) is 23.8 Å². The smallest absolute Gasteiger partial charge is 0.0962 e. The molecule has 0 saturated carbocycles. The van der Waals surface area contributed by atoms with Gasteiger partial charge in [0.2, 0.25) is 0 Å². The standard InChI is InChI=1S/C17H28N3/c1-20(11-3-2-4-12-20)13-10-19-9-5-6-15-7-8-16(18)14-17(15)19/h7-8,14H,2-6,9-13,18H2,1H3/q+1. The van der Waals surface area contributed by atoms with E-state index in [0.717, 1.165) is 5.69 Å². The molecule has 0 bridgehead atoms. The first-order valence-electron chi connectivity index (χ1n) is 8.13. The number of likely N-dealkylation sites (N-methyl/N-ethyl adjacent to an activating group) is 1. The molecule has 1 saturated heterocycles. The van der Waals surface area contributed by atoms with Crippen molar-refractivity contribution in [3.63, 3.8) is 0 Å². The molecule has 2 N–H and O–H groups in total. The summed E-state index contributed by atoms with van der Waals surface area (Å²) in [5, 5.41) is 0. The number of likely N-dealkylation sites (tertiary alicyclic amines) is 1. The van der Waals surface area contributed by atoms with Gasteiger partial charge in [0.05, 0.1) is 33.2 Å². The Balaban J connectivity index is 1.68. The molecule has 3 heteroatoms. The number of hydrogen-bond acceptors (Lipinski definition) is 2. The zero-order valence-electron chi connectivity index (χ0n) is 12.8. The predicted octanol–water partition coefficient (Wildman–Crippen LogP) is 2.65. The summed E-state index contributed by atoms with van der Waals surface area (Å²) in [6.45, 7) is 6.35. The van der Waals surface area contributed by atoms with Gasteiger partial charge in [-0.05, 0) is 49.8 Å². The van der Waals surface area contributed by atoms with Gasteiger partial charge in [0.25, 0.3) is 0 Å². The Morgan fingerprint density at radius 2 is 1.95 bits per heavy atom. The van der Waals surface area contributed by atoms with Crippen molar-refractivity contribution in [1.82, 2.24) is 0 Å². The van der Waals surface area contributed by atoms with Gasteiger partial charge in [0, 0.05) is 17.9 Å². The second kappa shape index (κ2) is 5.65. The number of nitrogen functional groups attached to an aromatic ring is 1. The van der Waals surface area contributed by atoms with Crippen molar-refractivity contribution in [1.29, 1.82) is 0 Å². The highest BCUT2D eigenvalue weighted by molar-refractivity contribution is 5.62. The molecule has 2 aliphatic heterocycles. The minimum atomic E-state index is 0.897. The lowest BCUT2D eigenvalue weighted by Crippen LogP contribution is -2.52. The van der Waals surface area contributed by atoms with Crippen molar-refractivity contribution in [2.24, 2.45) is 0 Å². The van der Waals surface area contributed by atoms with Crippen molar-refractivity contribution >= 4 is 11.4 Å². The van der Waals surface area contributed by atoms with Crippen LogP contribution in [0.1, 0.15) is 31.2 Å². The fourth-order valence-electron chi connectivity index (χ4n) is 3.76. The van der Waals surface area contributed by atoms with Crippen molar-refractivity contribution in [2.75, 3.05) is 50.4 Å². The maximum atomic E-state index is 5.98. The highest BCUT2D eigenvalue weighted by Gasteiger charge is 2.26. The summed E-state index contributed by atoms with van der Waals surface area (Å²) in [5.41, 5.74) is 9.74. The van der Waals surface area contributed by atoms with E-state index < -0.39 is 0 Å². The van der Waals surface area contributed by atoms with Gasteiger partial charge < -0.3 is 15.1 Å². The first-order valence-corrected chi connectivity index (χ1v) is 8.13. The Morgan fingerprint density at radius 1 is 1.15 bits per heavy atom. The quantitative estimate of drug-likeness (QED) is 0.678. The lowest BCUT2D eigenvalue weighted by Gasteiger charge is -2.40. The van der Waals surface area contributed by atoms with Crippen molar-refractivity contribution in [3.8, 4) is 0 Å². The van der Waals surface area contributed by atoms with E-state index >= 15 is 0 Å². The molecule has 2 aliphatic rings. The van der Waals surface area contributed by atoms with Gasteiger partial charge in [0.1, 0.15) is 0 Å². The van der Waals surface area contributed by atoms with Crippen LogP contribution in [-0.2, 0) is 6.42 Å². The lowest BCUT2D eigenvalue weighted by atomic mass is 10.0. The van der Waals surface area contributed by atoms with Crippen LogP contribution in [0.25, 0.3) is 0 Å². The number of nitrogens with two attached hydrogens (primary N) is 1. The molecular weight excluding hydrogens is 246 g/mol. The molecule has 0 radical (unpaired) electrons. The summed E-state index contributed by atoms with van der Waals surface area (Å²) in [6, 6.07) is 6.43. The van der Waals surface area contributed by atoms with Crippen LogP contribution in [0.5, 0.6) is 0 Å². The third kappa shape index (κ3) is 2.93. The average Bonchev–Trinajstić information content (AvgIpc) is 2.46. The minimum Gasteiger partial charge on any atom is -0.399 e. The summed E-state index contributed by atoms with van der Waals surface area (Å²) in [7, 11) is 2.43. The molecule has 0 aliphatic carbocycles. The maximum Gasteiger partial charge on any atom is 0.0962 e. The van der Waals surface area contributed by atoms with E-state index in [2.05, 4.69) is 24.1 Å². The normalized spacial score (nSPS) is 21.6. The van der Waals surface area contributed by atoms with Crippen molar-refractivity contribution in [2.45, 2.75) is 32.1 Å². The highest BCUT2D eigenvalue weighted by atomic mass is 15.3. The summed E-state index contributed by atoms with van der Waals surface area (Å²) in [6.07, 6.45) is 6.72. The van der Waals surface area contributed by atoms with E-state index in [-0.39, 0.29) is 0 Å². The van der Waals surface area contributed by atoms with Crippen LogP contribution in [0.3, 0.4) is 0 Å². The molecule has 1 fully saturated rings. The number of rotatable bonds is 3. The minimum absolute atomic E-state index is 0.897. The number of anilines is 2. The summed E-state index contributed by atoms with van der Waals surface area (Å²) < 4.78 is 1.26. The number of nitrogens with zero attached hydrogens (tertiary/aromatic N) is 2. The van der Waals surface area contributed by atoms with Crippen LogP contribution >= 0.6 is 0 Å². The number of aryl methyl sites for hydroxylation is 1. The third-order valence-electron chi connectivity index (χ3n) is 5.13. The second-order valence-electron chi connectivity index (χ2n) is 6.83. The van der Waals surface area contributed by atoms with Gasteiger partial charge in [-0.2, -0.15) is 0 Å². The average molecular weight is 274 g/mol. The van der Waals surface area contributed by atoms with E-state index in [1.165, 1.54) is 80.6 Å². The van der Waals surface area contributed by atoms with Crippen LogP contribution in [0.2, 0.25) is 0 Å². The first kappa shape index (κ1) is 13.7. The topological polar surface area (TPSA) is 29.3 Å². The van der Waals surface area contributed by atoms with Gasteiger partial charge in [-0.3, -0.25) is 0 Å². The Morgan fingerprint density at radius 3 is 2.75 bits per heavy atom. The van der Waals surface area contributed by atoms with E-state index in [4.69, 9.17) is 5.73 Å². The molecule has 3 rings (SSSR count). The molecule has 1 aromatic carbocycles. The molecule has 0 amide bonds. The Kier molecular flexibility index (Phi) is 3.88. The number of piperidine rings is 1. The number of hydrogen-bond donors (Lipinski definition) is 1. The molecular formula is C17H28N3+. The number of quaternary nitrogens is 1. The molecule has 0 spiro atoms. The van der Waals surface area contributed by atoms with Gasteiger partial charge >= 0.3 is 0 Å². The van der Waals surface area contributed by atoms with Gasteiger partial charge in [-0.15, -0.1) is 0 Å². The van der Waals surface area contributed by atoms with Crippen LogP contribution in [0, 0.1) is 0 Å². The first-order chi connectivity index (χ1) is 9.66. The highest BCUT2D eigenvalue weighted by Crippen LogP contribution is 2.29. The molecule has 20 heavy (non-hydrogen) atoms. The molecule has 0 aromatic heterocycles. The maximum absolute atomic E-state index is 5.98. The number of fused-ring (bicyclic) bond motifs is 1. The van der Waals surface area contributed by atoms with Gasteiger partial charge in [0.15, 0.2) is 0 Å². The fraction of sp³-hybridized carbons (Fsp3) is 0.647. The molecule has 3 nitrogen and oxygen atoms in total. The monoisotopic (exact) mass is 274 g/mol. The molecule has 110 valence electrons. The van der Waals surface area contributed by atoms with Crippen LogP contribution < -0.4 is 10.6 Å². The zero-order chi connectivity index (χ0) is 14.0. The van der Waals surface area contributed by atoms with E-state index in [1.54, 1.807) is 0 Å². The SMILES string of the molecule is C[N+]1(CCN2CCCc3ccc(N)cc32)CCCCC1. The largest absolute Gasteiger partial charge is 0.399 e. The van der Waals surface area contributed by atoms with Gasteiger partial charge in [-0.25, -0.2) is 0 Å². The van der Waals surface area contributed by atoms with E-state index in [9.17, 15) is 0 Å². The number of benzene rings is 1. The zero-order valence-corrected chi connectivity index (χ0v) is 12.8. The Labute approximate surface area is 123 Å². The molecule has 2 heterocycles. The molecule has 1 aromatic rings. The van der Waals surface area contributed by atoms with Gasteiger partial charge in [-0.1, -0.05) is 6.07 Å². The fourth-order valence-corrected chi connectivity index (χ4v) is 3.76. The van der Waals surface area contributed by atoms with Crippen LogP contribution in [0.15, 0.2) is 18.2 Å². The molecule has 0 atom stereocenters. The van der Waals surface area contributed by atoms with Crippen LogP contribution in [-0.4, -0.2) is 44.3 Å². The summed E-state index contributed by atoms with van der Waals surface area (Å²) >= 11 is 0. The molecule has 0 unspecified atom stereocenters. The van der Waals surface area contributed by atoms with E-state index in [1.807, 2.05) is 6.07 Å². The van der Waals surface area contributed by atoms with Crippen molar-refractivity contribution < 1.29 is 4.48 Å². The third-order valence-corrected chi connectivity index (χ3v) is 5.13. The predicted molar refractivity (Wildman–Crippen MR) is 86.0 cm³/mol. The summed E-state index contributed by atoms with van der Waals surface area (Å²) in [4.78, 5) is 2.56. The second-order valence-corrected chi connectivity index (χ2v) is 6.83. The summed E-state index contributed by atoms with van der Waals surface area (Å²) in [5.74, 6) is 0. The lowest BCUT2D eigenvalue weighted by molar-refractivity contribution is -0.912. The van der Waals surface area contributed by atoms with E-state index in [0.29, 0.717) is 0 Å². The Bertz CT molecular complexity index is 463.